The lowest BCUT2D eigenvalue weighted by Gasteiger charge is -2.28. The number of carbonyl (C=O) groups excluding carboxylic acids is 1. The largest absolute Gasteiger partial charge is 0.444 e. The fourth-order valence-corrected chi connectivity index (χ4v) is 7.73. The van der Waals surface area contributed by atoms with Crippen molar-refractivity contribution >= 4 is 29.5 Å². The third kappa shape index (κ3) is 4.87. The highest BCUT2D eigenvalue weighted by molar-refractivity contribution is 7.91. The average molecular weight is 449 g/mol. The summed E-state index contributed by atoms with van der Waals surface area (Å²) in [6, 6.07) is 31.5. The summed E-state index contributed by atoms with van der Waals surface area (Å²) in [5, 5.41) is 3.52. The molecule has 4 nitrogen and oxygen atoms in total. The highest BCUT2D eigenvalue weighted by Crippen LogP contribution is 2.58. The Morgan fingerprint density at radius 3 is 1.66 bits per heavy atom. The minimum atomic E-state index is -2.38. The summed E-state index contributed by atoms with van der Waals surface area (Å²) < 4.78 is 12.7. The van der Waals surface area contributed by atoms with E-state index in [0.29, 0.717) is 13.1 Å². The first kappa shape index (κ1) is 22.5. The molecular weight excluding hydrogens is 417 g/mol. The van der Waals surface area contributed by atoms with E-state index in [1.165, 1.54) is 15.9 Å². The van der Waals surface area contributed by atoms with Gasteiger partial charge >= 0.3 is 6.09 Å². The van der Waals surface area contributed by atoms with Crippen LogP contribution in [-0.2, 0) is 9.26 Å². The van der Waals surface area contributed by atoms with Crippen LogP contribution in [0.15, 0.2) is 91.0 Å². The van der Waals surface area contributed by atoms with Crippen molar-refractivity contribution in [2.45, 2.75) is 38.9 Å². The molecule has 166 valence electrons. The smallest absolute Gasteiger partial charge is 0.410 e. The molecule has 1 fully saturated rings. The molecule has 1 aliphatic heterocycles. The highest BCUT2D eigenvalue weighted by Gasteiger charge is 2.51. The van der Waals surface area contributed by atoms with Gasteiger partial charge in [0, 0.05) is 6.54 Å². The number of nitrogens with zero attached hydrogens (tertiary/aromatic N) is 1. The van der Waals surface area contributed by atoms with Gasteiger partial charge in [0.2, 0.25) is 7.49 Å². The first-order chi connectivity index (χ1) is 15.4. The maximum Gasteiger partial charge on any atom is 0.410 e. The van der Waals surface area contributed by atoms with Gasteiger partial charge in [0.15, 0.2) is 0 Å². The summed E-state index contributed by atoms with van der Waals surface area (Å²) in [5.41, 5.74) is -0.509. The predicted molar refractivity (Wildman–Crippen MR) is 132 cm³/mol. The molecule has 0 spiro atoms. The van der Waals surface area contributed by atoms with E-state index in [0.717, 1.165) is 6.42 Å². The van der Waals surface area contributed by atoms with Crippen LogP contribution >= 0.6 is 7.49 Å². The fraction of sp³-hybridized carbons (Fsp3) is 0.296. The second kappa shape index (κ2) is 9.44. The van der Waals surface area contributed by atoms with Crippen LogP contribution in [-0.4, -0.2) is 35.8 Å². The molecule has 1 heterocycles. The lowest BCUT2D eigenvalue weighted by molar-refractivity contribution is 0.0277. The van der Waals surface area contributed by atoms with Crippen LogP contribution in [0.4, 0.5) is 4.79 Å². The van der Waals surface area contributed by atoms with Crippen molar-refractivity contribution in [3.63, 3.8) is 0 Å². The van der Waals surface area contributed by atoms with Gasteiger partial charge in [-0.1, -0.05) is 54.6 Å². The highest BCUT2D eigenvalue weighted by atomic mass is 31.2. The average Bonchev–Trinajstić information content (AvgIpc) is 3.27. The molecule has 32 heavy (non-hydrogen) atoms. The van der Waals surface area contributed by atoms with Gasteiger partial charge in [0.05, 0.1) is 6.54 Å². The minimum Gasteiger partial charge on any atom is -0.444 e. The van der Waals surface area contributed by atoms with Gasteiger partial charge in [0.1, 0.15) is 27.6 Å². The van der Waals surface area contributed by atoms with Gasteiger partial charge < -0.3 is 9.64 Å². The number of ether oxygens (including phenoxy) is 1. The summed E-state index contributed by atoms with van der Waals surface area (Å²) >= 11 is 0. The van der Waals surface area contributed by atoms with Crippen molar-refractivity contribution in [2.75, 3.05) is 13.1 Å². The molecule has 0 radical (unpaired) electrons. The lowest BCUT2D eigenvalue weighted by Crippen LogP contribution is -2.38. The number of hydrogen-bond acceptors (Lipinski definition) is 3. The Balaban J connectivity index is 1.72. The Morgan fingerprint density at radius 1 is 0.812 bits per heavy atom. The topological polar surface area (TPSA) is 38.8 Å². The van der Waals surface area contributed by atoms with Crippen LogP contribution < -0.4 is 15.9 Å². The molecule has 1 amide bonds. The number of benzene rings is 3. The van der Waals surface area contributed by atoms with Crippen LogP contribution in [0.5, 0.6) is 0 Å². The lowest BCUT2D eigenvalue weighted by atomic mass is 10.2. The number of amides is 1. The van der Waals surface area contributed by atoms with Crippen molar-refractivity contribution in [1.82, 2.24) is 4.90 Å². The Morgan fingerprint density at radius 2 is 1.25 bits per heavy atom. The van der Waals surface area contributed by atoms with Crippen molar-refractivity contribution in [3.05, 3.63) is 91.0 Å². The molecule has 0 unspecified atom stereocenters. The third-order valence-corrected chi connectivity index (χ3v) is 9.15. The summed E-state index contributed by atoms with van der Waals surface area (Å²) in [6.45, 7) is 6.85. The second-order valence-corrected chi connectivity index (χ2v) is 12.0. The second-order valence-electron chi connectivity index (χ2n) is 9.06. The van der Waals surface area contributed by atoms with E-state index in [2.05, 4.69) is 72.8 Å². The fourth-order valence-electron chi connectivity index (χ4n) is 4.07. The Labute approximate surface area is 191 Å². The van der Waals surface area contributed by atoms with Crippen molar-refractivity contribution in [1.29, 1.82) is 0 Å². The van der Waals surface area contributed by atoms with Crippen LogP contribution in [0, 0.1) is 0 Å². The van der Waals surface area contributed by atoms with E-state index in [9.17, 15) is 4.79 Å². The van der Waals surface area contributed by atoms with Crippen molar-refractivity contribution < 1.29 is 14.1 Å². The van der Waals surface area contributed by atoms with Crippen molar-refractivity contribution in [3.8, 4) is 0 Å². The molecule has 1 aliphatic rings. The van der Waals surface area contributed by atoms with E-state index in [-0.39, 0.29) is 12.2 Å². The van der Waals surface area contributed by atoms with Gasteiger partial charge in [-0.25, -0.2) is 9.32 Å². The quantitative estimate of drug-likeness (QED) is 0.520. The maximum absolute atomic E-state index is 12.6. The predicted octanol–water partition coefficient (Wildman–Crippen LogP) is 4.92. The van der Waals surface area contributed by atoms with Gasteiger partial charge in [-0.3, -0.25) is 0 Å². The molecule has 0 saturated carbocycles. The number of hydrogen-bond donors (Lipinski definition) is 0. The molecular formula is C27H31NO3P+. The zero-order valence-electron chi connectivity index (χ0n) is 19.0. The third-order valence-electron chi connectivity index (χ3n) is 5.46. The van der Waals surface area contributed by atoms with Crippen LogP contribution in [0.25, 0.3) is 0 Å². The Hall–Kier alpha value is -2.68. The van der Waals surface area contributed by atoms with Gasteiger partial charge in [-0.05, 0) is 63.6 Å². The normalized spacial score (nSPS) is 16.7. The van der Waals surface area contributed by atoms with E-state index < -0.39 is 13.1 Å². The summed E-state index contributed by atoms with van der Waals surface area (Å²) in [4.78, 5) is 14.4. The van der Waals surface area contributed by atoms with Gasteiger partial charge in [-0.15, -0.1) is 0 Å². The van der Waals surface area contributed by atoms with Gasteiger partial charge in [0.25, 0.3) is 0 Å². The zero-order valence-corrected chi connectivity index (χ0v) is 19.9. The van der Waals surface area contributed by atoms with Crippen molar-refractivity contribution in [2.24, 2.45) is 0 Å². The van der Waals surface area contributed by atoms with Crippen LogP contribution in [0.2, 0.25) is 0 Å². The molecule has 0 aliphatic carbocycles. The van der Waals surface area contributed by atoms with Gasteiger partial charge in [-0.2, -0.15) is 0 Å². The SMILES string of the molecule is CC(C)(C)OC(=O)N1CC[C@@H](O[P+](c2ccccc2)(c2ccccc2)c2ccccc2)C1. The van der Waals surface area contributed by atoms with Crippen LogP contribution in [0.3, 0.4) is 0 Å². The monoisotopic (exact) mass is 448 g/mol. The standard InChI is InChI=1S/C27H31NO3P/c1-27(2,3)30-26(29)28-20-19-22(21-28)31-32(23-13-7-4-8-14-23,24-15-9-5-10-16-24)25-17-11-6-12-18-25/h4-18,22H,19-21H2,1-3H3/q+1/t22-/m1/s1. The van der Waals surface area contributed by atoms with E-state index in [1.54, 1.807) is 4.90 Å². The first-order valence-corrected chi connectivity index (χ1v) is 12.8. The number of rotatable bonds is 5. The summed E-state index contributed by atoms with van der Waals surface area (Å²) in [6.07, 6.45) is 0.441. The molecule has 0 aromatic heterocycles. The molecule has 1 saturated heterocycles. The maximum atomic E-state index is 12.6. The summed E-state index contributed by atoms with van der Waals surface area (Å²) in [7, 11) is -2.38. The van der Waals surface area contributed by atoms with Crippen LogP contribution in [0.1, 0.15) is 27.2 Å². The Kier molecular flexibility index (Phi) is 6.64. The molecule has 0 bridgehead atoms. The number of likely N-dealkylation sites (tertiary alicyclic amines) is 1. The molecule has 3 aromatic rings. The van der Waals surface area contributed by atoms with E-state index >= 15 is 0 Å². The van der Waals surface area contributed by atoms with E-state index in [4.69, 9.17) is 9.26 Å². The number of carbonyl (C=O) groups is 1. The molecule has 1 atom stereocenters. The molecule has 4 rings (SSSR count). The molecule has 0 N–H and O–H groups in total. The summed E-state index contributed by atoms with van der Waals surface area (Å²) in [5.74, 6) is 0. The molecule has 5 heteroatoms. The van der Waals surface area contributed by atoms with E-state index in [1.807, 2.05) is 39.0 Å². The first-order valence-electron chi connectivity index (χ1n) is 11.1. The minimum absolute atomic E-state index is 0.0727. The molecule has 3 aromatic carbocycles. The Bertz CT molecular complexity index is 922. The zero-order chi connectivity index (χ0) is 22.6.